The number of ether oxygens (including phenoxy) is 3. The van der Waals surface area contributed by atoms with Crippen LogP contribution in [-0.2, 0) is 9.53 Å². The Bertz CT molecular complexity index is 892. The van der Waals surface area contributed by atoms with Crippen LogP contribution in [0.5, 0.6) is 11.5 Å². The fourth-order valence-corrected chi connectivity index (χ4v) is 3.12. The van der Waals surface area contributed by atoms with E-state index in [1.807, 2.05) is 0 Å². The summed E-state index contributed by atoms with van der Waals surface area (Å²) in [7, 11) is 1.40. The predicted octanol–water partition coefficient (Wildman–Crippen LogP) is 3.02. The zero-order valence-corrected chi connectivity index (χ0v) is 16.8. The van der Waals surface area contributed by atoms with Crippen LogP contribution in [-0.4, -0.2) is 56.9 Å². The second-order valence-corrected chi connectivity index (χ2v) is 6.62. The molecule has 3 rings (SSSR count). The maximum absolute atomic E-state index is 13.1. The highest BCUT2D eigenvalue weighted by Crippen LogP contribution is 2.30. The quantitative estimate of drug-likeness (QED) is 0.698. The number of rotatable bonds is 7. The number of carbonyl (C=O) groups excluding carboxylic acids is 2. The molecule has 2 aromatic carbocycles. The molecule has 8 nitrogen and oxygen atoms in total. The standard InChI is InChI=1S/C21H23F2N3O5/c1-29-15-7-8-17(31-20(22)23)16(13-15)24-21(28)25-18(14-5-3-2-4-6-14)19(27)26-9-11-30-12-10-26/h2-8,13,18,20H,9-12H2,1H3,(H2,24,25,28). The van der Waals surface area contributed by atoms with Crippen LogP contribution >= 0.6 is 0 Å². The van der Waals surface area contributed by atoms with E-state index in [1.165, 1.54) is 25.3 Å². The van der Waals surface area contributed by atoms with Gasteiger partial charge in [0.2, 0.25) is 5.91 Å². The first-order chi connectivity index (χ1) is 15.0. The van der Waals surface area contributed by atoms with Gasteiger partial charge in [0.1, 0.15) is 17.5 Å². The molecule has 1 saturated heterocycles. The molecule has 0 bridgehead atoms. The summed E-state index contributed by atoms with van der Waals surface area (Å²) < 4.78 is 40.3. The van der Waals surface area contributed by atoms with Crippen molar-refractivity contribution in [2.24, 2.45) is 0 Å². The molecular weight excluding hydrogens is 412 g/mol. The summed E-state index contributed by atoms with van der Waals surface area (Å²) in [5.41, 5.74) is 0.562. The van der Waals surface area contributed by atoms with Crippen LogP contribution in [0.25, 0.3) is 0 Å². The fraction of sp³-hybridized carbons (Fsp3) is 0.333. The summed E-state index contributed by atoms with van der Waals surface area (Å²) in [6.07, 6.45) is 0. The highest BCUT2D eigenvalue weighted by Gasteiger charge is 2.29. The van der Waals surface area contributed by atoms with Crippen molar-refractivity contribution in [3.05, 3.63) is 54.1 Å². The van der Waals surface area contributed by atoms with Gasteiger partial charge in [-0.15, -0.1) is 0 Å². The maximum atomic E-state index is 13.1. The Morgan fingerprint density at radius 3 is 2.45 bits per heavy atom. The number of nitrogens with zero attached hydrogens (tertiary/aromatic N) is 1. The first kappa shape index (κ1) is 22.3. The molecule has 0 aliphatic carbocycles. The topological polar surface area (TPSA) is 89.1 Å². The van der Waals surface area contributed by atoms with Crippen molar-refractivity contribution in [1.82, 2.24) is 10.2 Å². The molecule has 0 spiro atoms. The minimum Gasteiger partial charge on any atom is -0.497 e. The number of alkyl halides is 2. The Morgan fingerprint density at radius 2 is 1.81 bits per heavy atom. The average Bonchev–Trinajstić information content (AvgIpc) is 2.79. The normalized spacial score (nSPS) is 14.6. The van der Waals surface area contributed by atoms with E-state index in [1.54, 1.807) is 35.2 Å². The van der Waals surface area contributed by atoms with Crippen LogP contribution in [0.3, 0.4) is 0 Å². The van der Waals surface area contributed by atoms with Gasteiger partial charge in [0.15, 0.2) is 0 Å². The lowest BCUT2D eigenvalue weighted by Crippen LogP contribution is -2.48. The molecule has 1 heterocycles. The van der Waals surface area contributed by atoms with E-state index in [-0.39, 0.29) is 17.3 Å². The van der Waals surface area contributed by atoms with E-state index in [0.717, 1.165) is 0 Å². The van der Waals surface area contributed by atoms with Crippen molar-refractivity contribution in [2.45, 2.75) is 12.7 Å². The monoisotopic (exact) mass is 435 g/mol. The lowest BCUT2D eigenvalue weighted by Gasteiger charge is -2.31. The van der Waals surface area contributed by atoms with Crippen molar-refractivity contribution >= 4 is 17.6 Å². The number of morpholine rings is 1. The molecular formula is C21H23F2N3O5. The summed E-state index contributed by atoms with van der Waals surface area (Å²) in [5.74, 6) is -0.193. The summed E-state index contributed by atoms with van der Waals surface area (Å²) in [6.45, 7) is -1.42. The number of halogens is 2. The lowest BCUT2D eigenvalue weighted by atomic mass is 10.1. The molecule has 0 saturated carbocycles. The molecule has 166 valence electrons. The number of nitrogens with one attached hydrogen (secondary N) is 2. The van der Waals surface area contributed by atoms with Gasteiger partial charge in [-0.2, -0.15) is 8.78 Å². The minimum atomic E-state index is -3.07. The number of anilines is 1. The van der Waals surface area contributed by atoms with Crippen molar-refractivity contribution in [3.63, 3.8) is 0 Å². The van der Waals surface area contributed by atoms with Crippen LogP contribution in [0, 0.1) is 0 Å². The van der Waals surface area contributed by atoms with Gasteiger partial charge in [0.25, 0.3) is 0 Å². The summed E-state index contributed by atoms with van der Waals surface area (Å²) in [6, 6.07) is 11.1. The SMILES string of the molecule is COc1ccc(OC(F)F)c(NC(=O)NC(C(=O)N2CCOCC2)c2ccccc2)c1. The first-order valence-electron chi connectivity index (χ1n) is 9.60. The number of benzene rings is 2. The Balaban J connectivity index is 1.80. The van der Waals surface area contributed by atoms with Crippen LogP contribution in [0.1, 0.15) is 11.6 Å². The number of carbonyl (C=O) groups is 2. The van der Waals surface area contributed by atoms with Crippen LogP contribution < -0.4 is 20.1 Å². The predicted molar refractivity (Wildman–Crippen MR) is 108 cm³/mol. The van der Waals surface area contributed by atoms with Gasteiger partial charge in [-0.05, 0) is 17.7 Å². The molecule has 0 radical (unpaired) electrons. The molecule has 10 heteroatoms. The van der Waals surface area contributed by atoms with E-state index >= 15 is 0 Å². The van der Waals surface area contributed by atoms with Crippen LogP contribution in [0.4, 0.5) is 19.3 Å². The zero-order valence-electron chi connectivity index (χ0n) is 16.8. The lowest BCUT2D eigenvalue weighted by molar-refractivity contribution is -0.137. The number of urea groups is 1. The van der Waals surface area contributed by atoms with Gasteiger partial charge in [-0.1, -0.05) is 30.3 Å². The van der Waals surface area contributed by atoms with E-state index in [9.17, 15) is 18.4 Å². The maximum Gasteiger partial charge on any atom is 0.387 e. The third-order valence-corrected chi connectivity index (χ3v) is 4.63. The van der Waals surface area contributed by atoms with Gasteiger partial charge in [-0.25, -0.2) is 4.79 Å². The van der Waals surface area contributed by atoms with Gasteiger partial charge in [0.05, 0.1) is 26.0 Å². The smallest absolute Gasteiger partial charge is 0.387 e. The molecule has 1 aliphatic rings. The molecule has 3 amide bonds. The Labute approximate surface area is 178 Å². The summed E-state index contributed by atoms with van der Waals surface area (Å²) >= 11 is 0. The second kappa shape index (κ2) is 10.6. The summed E-state index contributed by atoms with van der Waals surface area (Å²) in [4.78, 5) is 27.4. The molecule has 0 aromatic heterocycles. The fourth-order valence-electron chi connectivity index (χ4n) is 3.12. The van der Waals surface area contributed by atoms with Crippen LogP contribution in [0.2, 0.25) is 0 Å². The summed E-state index contributed by atoms with van der Waals surface area (Å²) in [5, 5.41) is 5.10. The first-order valence-corrected chi connectivity index (χ1v) is 9.60. The van der Waals surface area contributed by atoms with Gasteiger partial charge in [-0.3, -0.25) is 4.79 Å². The highest BCUT2D eigenvalue weighted by molar-refractivity contribution is 5.95. The van der Waals surface area contributed by atoms with E-state index in [0.29, 0.717) is 37.6 Å². The third kappa shape index (κ3) is 6.05. The van der Waals surface area contributed by atoms with Gasteiger partial charge < -0.3 is 29.7 Å². The average molecular weight is 435 g/mol. The second-order valence-electron chi connectivity index (χ2n) is 6.62. The van der Waals surface area contributed by atoms with Crippen LogP contribution in [0.15, 0.2) is 48.5 Å². The molecule has 31 heavy (non-hydrogen) atoms. The Kier molecular flexibility index (Phi) is 7.60. The minimum absolute atomic E-state index is 0.0252. The Morgan fingerprint density at radius 1 is 1.10 bits per heavy atom. The Hall–Kier alpha value is -3.40. The zero-order chi connectivity index (χ0) is 22.2. The number of hydrogen-bond acceptors (Lipinski definition) is 5. The van der Waals surface area contributed by atoms with E-state index < -0.39 is 18.7 Å². The molecule has 1 atom stereocenters. The molecule has 1 aliphatic heterocycles. The van der Waals surface area contributed by atoms with Gasteiger partial charge in [0, 0.05) is 19.2 Å². The van der Waals surface area contributed by atoms with Gasteiger partial charge >= 0.3 is 12.6 Å². The molecule has 1 unspecified atom stereocenters. The third-order valence-electron chi connectivity index (χ3n) is 4.63. The van der Waals surface area contributed by atoms with E-state index in [4.69, 9.17) is 9.47 Å². The largest absolute Gasteiger partial charge is 0.497 e. The van der Waals surface area contributed by atoms with E-state index in [2.05, 4.69) is 15.4 Å². The molecule has 2 N–H and O–H groups in total. The molecule has 2 aromatic rings. The molecule has 1 fully saturated rings. The van der Waals surface area contributed by atoms with Crippen molar-refractivity contribution in [2.75, 3.05) is 38.7 Å². The van der Waals surface area contributed by atoms with Crippen molar-refractivity contribution in [3.8, 4) is 11.5 Å². The van der Waals surface area contributed by atoms with Crippen molar-refractivity contribution in [1.29, 1.82) is 0 Å². The number of amides is 3. The number of methoxy groups -OCH3 is 1. The number of hydrogen-bond donors (Lipinski definition) is 2. The van der Waals surface area contributed by atoms with Crippen molar-refractivity contribution < 1.29 is 32.6 Å². The highest BCUT2D eigenvalue weighted by atomic mass is 19.3.